The van der Waals surface area contributed by atoms with Crippen molar-refractivity contribution in [2.45, 2.75) is 32.7 Å². The Morgan fingerprint density at radius 3 is 2.70 bits per heavy atom. The number of anilines is 1. The number of nitrogens with zero attached hydrogens (tertiary/aromatic N) is 5. The minimum Gasteiger partial charge on any atom is -0.384 e. The van der Waals surface area contributed by atoms with Crippen LogP contribution in [0.4, 0.5) is 5.82 Å². The van der Waals surface area contributed by atoms with Gasteiger partial charge in [0.2, 0.25) is 5.91 Å². The van der Waals surface area contributed by atoms with E-state index >= 15 is 0 Å². The van der Waals surface area contributed by atoms with Crippen LogP contribution in [0.2, 0.25) is 0 Å². The molecule has 0 aliphatic carbocycles. The highest BCUT2D eigenvalue weighted by molar-refractivity contribution is 5.76. The molecule has 0 fully saturated rings. The summed E-state index contributed by atoms with van der Waals surface area (Å²) < 4.78 is 3.38. The van der Waals surface area contributed by atoms with Gasteiger partial charge in [0, 0.05) is 12.6 Å². The Labute approximate surface area is 156 Å². The smallest absolute Gasteiger partial charge is 0.244 e. The number of carbonyl (C=O) groups excluding carboxylic acids is 1. The lowest BCUT2D eigenvalue weighted by molar-refractivity contribution is -0.133. The molecule has 0 bridgehead atoms. The second kappa shape index (κ2) is 6.88. The van der Waals surface area contributed by atoms with Gasteiger partial charge >= 0.3 is 0 Å². The van der Waals surface area contributed by atoms with Crippen molar-refractivity contribution in [3.05, 3.63) is 65.1 Å². The molecule has 4 rings (SSSR count). The van der Waals surface area contributed by atoms with Gasteiger partial charge in [-0.05, 0) is 18.6 Å². The van der Waals surface area contributed by atoms with Crippen LogP contribution in [0.3, 0.4) is 0 Å². The molecular weight excluding hydrogens is 344 g/mol. The lowest BCUT2D eigenvalue weighted by atomic mass is 10.1. The van der Waals surface area contributed by atoms with Gasteiger partial charge < -0.3 is 15.7 Å². The molecule has 8 heteroatoms. The average molecular weight is 366 g/mol. The molecule has 27 heavy (non-hydrogen) atoms. The summed E-state index contributed by atoms with van der Waals surface area (Å²) in [5.74, 6) is 0.443. The highest BCUT2D eigenvalue weighted by Gasteiger charge is 2.25. The molecule has 3 heterocycles. The van der Waals surface area contributed by atoms with Crippen LogP contribution in [0.5, 0.6) is 0 Å². The Balaban J connectivity index is 1.48. The third-order valence-corrected chi connectivity index (χ3v) is 4.78. The molecule has 8 nitrogen and oxygen atoms in total. The Morgan fingerprint density at radius 1 is 1.22 bits per heavy atom. The van der Waals surface area contributed by atoms with Crippen molar-refractivity contribution >= 4 is 11.7 Å². The van der Waals surface area contributed by atoms with Crippen LogP contribution in [0.1, 0.15) is 28.7 Å². The topological polar surface area (TPSA) is 102 Å². The number of aromatic nitrogens is 4. The summed E-state index contributed by atoms with van der Waals surface area (Å²) in [6, 6.07) is 13.0. The molecule has 1 aliphatic rings. The van der Waals surface area contributed by atoms with Crippen molar-refractivity contribution in [2.24, 2.45) is 0 Å². The van der Waals surface area contributed by atoms with Gasteiger partial charge in [-0.3, -0.25) is 9.48 Å². The maximum absolute atomic E-state index is 12.6. The Hall–Kier alpha value is -3.13. The van der Waals surface area contributed by atoms with Crippen molar-refractivity contribution in [1.82, 2.24) is 24.5 Å². The lowest BCUT2D eigenvalue weighted by Gasteiger charge is -2.27. The quantitative estimate of drug-likeness (QED) is 0.720. The molecule has 3 aromatic rings. The molecular formula is C19H22N6O2. The fourth-order valence-electron chi connectivity index (χ4n) is 3.36. The fraction of sp³-hybridized carbons (Fsp3) is 0.316. The van der Waals surface area contributed by atoms with Crippen molar-refractivity contribution < 1.29 is 9.90 Å². The third-order valence-electron chi connectivity index (χ3n) is 4.78. The molecule has 1 aliphatic heterocycles. The Morgan fingerprint density at radius 2 is 2.00 bits per heavy atom. The van der Waals surface area contributed by atoms with E-state index in [1.807, 2.05) is 48.0 Å². The largest absolute Gasteiger partial charge is 0.384 e. The number of aliphatic hydroxyl groups is 1. The zero-order valence-corrected chi connectivity index (χ0v) is 15.1. The predicted octanol–water partition coefficient (Wildman–Crippen LogP) is 1.09. The van der Waals surface area contributed by atoms with E-state index < -0.39 is 6.10 Å². The van der Waals surface area contributed by atoms with E-state index in [2.05, 4.69) is 10.2 Å². The molecule has 140 valence electrons. The lowest BCUT2D eigenvalue weighted by Crippen LogP contribution is -2.40. The molecule has 3 N–H and O–H groups in total. The molecule has 1 atom stereocenters. The number of nitrogens with two attached hydrogens (primary N) is 1. The second-order valence-corrected chi connectivity index (χ2v) is 6.78. The number of hydrogen-bond donors (Lipinski definition) is 2. The summed E-state index contributed by atoms with van der Waals surface area (Å²) >= 11 is 0. The monoisotopic (exact) mass is 366 g/mol. The molecule has 0 radical (unpaired) electrons. The number of carbonyl (C=O) groups is 1. The minimum atomic E-state index is -0.778. The summed E-state index contributed by atoms with van der Waals surface area (Å²) in [6.07, 6.45) is -0.778. The SMILES string of the molecule is Cc1cc(N)n(CC(=O)N2CCn3nc([C@@H](O)c4ccccc4)cc3C2)n1. The molecule has 0 saturated heterocycles. The van der Waals surface area contributed by atoms with E-state index in [4.69, 9.17) is 5.73 Å². The van der Waals surface area contributed by atoms with E-state index in [9.17, 15) is 9.90 Å². The first kappa shape index (κ1) is 17.3. The van der Waals surface area contributed by atoms with Crippen molar-refractivity contribution in [1.29, 1.82) is 0 Å². The first-order valence-corrected chi connectivity index (χ1v) is 8.88. The maximum Gasteiger partial charge on any atom is 0.244 e. The van der Waals surface area contributed by atoms with E-state index in [-0.39, 0.29) is 12.5 Å². The van der Waals surface area contributed by atoms with Gasteiger partial charge in [-0.1, -0.05) is 30.3 Å². The van der Waals surface area contributed by atoms with Gasteiger partial charge in [0.25, 0.3) is 0 Å². The van der Waals surface area contributed by atoms with Crippen LogP contribution in [-0.4, -0.2) is 42.0 Å². The van der Waals surface area contributed by atoms with E-state index in [0.29, 0.717) is 31.1 Å². The number of aliphatic hydroxyl groups excluding tert-OH is 1. The van der Waals surface area contributed by atoms with E-state index in [1.165, 1.54) is 4.68 Å². The van der Waals surface area contributed by atoms with Gasteiger partial charge in [-0.2, -0.15) is 10.2 Å². The molecule has 2 aromatic heterocycles. The van der Waals surface area contributed by atoms with E-state index in [1.54, 1.807) is 11.0 Å². The van der Waals surface area contributed by atoms with Crippen molar-refractivity contribution in [3.63, 3.8) is 0 Å². The van der Waals surface area contributed by atoms with Crippen LogP contribution < -0.4 is 5.73 Å². The highest BCUT2D eigenvalue weighted by atomic mass is 16.3. The summed E-state index contributed by atoms with van der Waals surface area (Å²) in [6.45, 7) is 3.57. The average Bonchev–Trinajstić information content (AvgIpc) is 3.23. The number of amides is 1. The van der Waals surface area contributed by atoms with Gasteiger partial charge in [-0.25, -0.2) is 4.68 Å². The first-order valence-electron chi connectivity index (χ1n) is 8.88. The Kier molecular flexibility index (Phi) is 4.41. The summed E-state index contributed by atoms with van der Waals surface area (Å²) in [4.78, 5) is 14.4. The second-order valence-electron chi connectivity index (χ2n) is 6.78. The molecule has 0 spiro atoms. The summed E-state index contributed by atoms with van der Waals surface area (Å²) in [7, 11) is 0. The standard InChI is InChI=1S/C19H22N6O2/c1-13-9-17(20)25(21-13)12-18(26)23-7-8-24-15(11-23)10-16(22-24)19(27)14-5-3-2-4-6-14/h2-6,9-10,19,27H,7-8,11-12,20H2,1H3/t19-/m0/s1. The normalized spacial score (nSPS) is 14.8. The highest BCUT2D eigenvalue weighted by Crippen LogP contribution is 2.23. The summed E-state index contributed by atoms with van der Waals surface area (Å²) in [5, 5.41) is 19.3. The van der Waals surface area contributed by atoms with Crippen LogP contribution in [0, 0.1) is 6.92 Å². The number of nitrogen functional groups attached to an aromatic ring is 1. The zero-order chi connectivity index (χ0) is 19.0. The third kappa shape index (κ3) is 3.43. The molecule has 1 amide bonds. The van der Waals surface area contributed by atoms with Crippen LogP contribution in [-0.2, 0) is 24.4 Å². The number of fused-ring (bicyclic) bond motifs is 1. The maximum atomic E-state index is 12.6. The number of aryl methyl sites for hydroxylation is 1. The fourth-order valence-corrected chi connectivity index (χ4v) is 3.36. The number of rotatable bonds is 4. The minimum absolute atomic E-state index is 0.0394. The van der Waals surface area contributed by atoms with E-state index in [0.717, 1.165) is 17.0 Å². The van der Waals surface area contributed by atoms with Crippen LogP contribution >= 0.6 is 0 Å². The molecule has 0 unspecified atom stereocenters. The first-order chi connectivity index (χ1) is 13.0. The van der Waals surface area contributed by atoms with Gasteiger partial charge in [0.05, 0.1) is 30.2 Å². The Bertz CT molecular complexity index is 962. The number of benzene rings is 1. The molecule has 0 saturated carbocycles. The van der Waals surface area contributed by atoms with Crippen LogP contribution in [0.15, 0.2) is 42.5 Å². The number of hydrogen-bond acceptors (Lipinski definition) is 5. The summed E-state index contributed by atoms with van der Waals surface area (Å²) in [5.41, 5.74) is 8.96. The van der Waals surface area contributed by atoms with Crippen molar-refractivity contribution in [3.8, 4) is 0 Å². The van der Waals surface area contributed by atoms with Gasteiger partial charge in [0.15, 0.2) is 0 Å². The van der Waals surface area contributed by atoms with Gasteiger partial charge in [-0.15, -0.1) is 0 Å². The van der Waals surface area contributed by atoms with Crippen LogP contribution in [0.25, 0.3) is 0 Å². The van der Waals surface area contributed by atoms with Crippen molar-refractivity contribution in [2.75, 3.05) is 12.3 Å². The zero-order valence-electron chi connectivity index (χ0n) is 15.1. The predicted molar refractivity (Wildman–Crippen MR) is 99.5 cm³/mol. The molecule has 1 aromatic carbocycles. The van der Waals surface area contributed by atoms with Gasteiger partial charge in [0.1, 0.15) is 18.5 Å².